The molecule has 6 heteroatoms. The standard InChI is InChI=1S/C52H90O6/c1-4-7-10-13-16-19-21-23-25-27-28-30-33-36-39-42-45-51(54)57-48-49(47-56-50(53)44-41-38-35-32-18-15-12-9-6-3)58-52(55)46-43-40-37-34-31-29-26-24-22-20-17-14-11-8-5-2/h7,9-10,12,16,18-19,23,25,32,49H,4-6,8,11,13-15,17,20-22,24,26-31,33-48H2,1-3H3/b10-7-,12-9-,19-16-,25-23-,32-18-. The van der Waals surface area contributed by atoms with Gasteiger partial charge in [0.25, 0.3) is 0 Å². The summed E-state index contributed by atoms with van der Waals surface area (Å²) in [5.74, 6) is -0.937. The first-order valence-electron chi connectivity index (χ1n) is 24.3. The number of rotatable bonds is 43. The van der Waals surface area contributed by atoms with Crippen molar-refractivity contribution in [2.24, 2.45) is 0 Å². The van der Waals surface area contributed by atoms with Crippen molar-refractivity contribution in [2.75, 3.05) is 13.2 Å². The molecule has 0 saturated heterocycles. The minimum Gasteiger partial charge on any atom is -0.462 e. The molecule has 334 valence electrons. The van der Waals surface area contributed by atoms with E-state index in [2.05, 4.69) is 81.5 Å². The summed E-state index contributed by atoms with van der Waals surface area (Å²) in [6.45, 7) is 6.36. The number of hydrogen-bond donors (Lipinski definition) is 0. The van der Waals surface area contributed by atoms with Crippen LogP contribution >= 0.6 is 0 Å². The number of esters is 3. The van der Waals surface area contributed by atoms with Crippen molar-refractivity contribution in [1.82, 2.24) is 0 Å². The van der Waals surface area contributed by atoms with Crippen molar-refractivity contribution in [3.63, 3.8) is 0 Å². The fourth-order valence-corrected chi connectivity index (χ4v) is 6.67. The van der Waals surface area contributed by atoms with Crippen LogP contribution in [-0.4, -0.2) is 37.2 Å². The maximum absolute atomic E-state index is 12.7. The van der Waals surface area contributed by atoms with Gasteiger partial charge in [-0.05, 0) is 77.0 Å². The van der Waals surface area contributed by atoms with Crippen LogP contribution < -0.4 is 0 Å². The van der Waals surface area contributed by atoms with Gasteiger partial charge in [0.05, 0.1) is 0 Å². The van der Waals surface area contributed by atoms with Crippen molar-refractivity contribution < 1.29 is 28.6 Å². The van der Waals surface area contributed by atoms with Gasteiger partial charge in [-0.3, -0.25) is 14.4 Å². The highest BCUT2D eigenvalue weighted by molar-refractivity contribution is 5.71. The second kappa shape index (κ2) is 46.8. The Balaban J connectivity index is 4.36. The Morgan fingerprint density at radius 2 is 0.672 bits per heavy atom. The van der Waals surface area contributed by atoms with E-state index in [9.17, 15) is 14.4 Å². The lowest BCUT2D eigenvalue weighted by Gasteiger charge is -2.18. The van der Waals surface area contributed by atoms with Gasteiger partial charge < -0.3 is 14.2 Å². The Kier molecular flexibility index (Phi) is 44.5. The average Bonchev–Trinajstić information content (AvgIpc) is 3.22. The summed E-state index contributed by atoms with van der Waals surface area (Å²) >= 11 is 0. The highest BCUT2D eigenvalue weighted by Gasteiger charge is 2.19. The van der Waals surface area contributed by atoms with E-state index in [1.807, 2.05) is 0 Å². The first-order valence-corrected chi connectivity index (χ1v) is 24.3. The van der Waals surface area contributed by atoms with Gasteiger partial charge in [0.15, 0.2) is 6.10 Å². The van der Waals surface area contributed by atoms with E-state index in [-0.39, 0.29) is 31.1 Å². The molecule has 0 aromatic heterocycles. The Morgan fingerprint density at radius 1 is 0.362 bits per heavy atom. The Bertz CT molecular complexity index is 1070. The molecule has 0 N–H and O–H groups in total. The quantitative estimate of drug-likeness (QED) is 0.0264. The molecule has 0 bridgehead atoms. The van der Waals surface area contributed by atoms with E-state index < -0.39 is 6.10 Å². The number of carbonyl (C=O) groups is 3. The van der Waals surface area contributed by atoms with Crippen molar-refractivity contribution in [1.29, 1.82) is 0 Å². The first-order chi connectivity index (χ1) is 28.5. The van der Waals surface area contributed by atoms with E-state index in [4.69, 9.17) is 14.2 Å². The van der Waals surface area contributed by atoms with Crippen LogP contribution in [0.1, 0.15) is 233 Å². The molecule has 1 atom stereocenters. The Labute approximate surface area is 358 Å². The summed E-state index contributed by atoms with van der Waals surface area (Å²) in [7, 11) is 0. The number of hydrogen-bond acceptors (Lipinski definition) is 6. The van der Waals surface area contributed by atoms with Gasteiger partial charge in [-0.25, -0.2) is 0 Å². The highest BCUT2D eigenvalue weighted by atomic mass is 16.6. The third-order valence-corrected chi connectivity index (χ3v) is 10.3. The van der Waals surface area contributed by atoms with E-state index in [0.29, 0.717) is 19.3 Å². The number of carbonyl (C=O) groups excluding carboxylic acids is 3. The van der Waals surface area contributed by atoms with Crippen molar-refractivity contribution in [3.8, 4) is 0 Å². The zero-order valence-corrected chi connectivity index (χ0v) is 38.0. The molecular weight excluding hydrogens is 721 g/mol. The molecule has 0 aliphatic rings. The maximum Gasteiger partial charge on any atom is 0.306 e. The van der Waals surface area contributed by atoms with Gasteiger partial charge in [0.2, 0.25) is 0 Å². The lowest BCUT2D eigenvalue weighted by atomic mass is 10.0. The van der Waals surface area contributed by atoms with Gasteiger partial charge in [-0.15, -0.1) is 0 Å². The normalized spacial score (nSPS) is 12.5. The molecule has 0 aliphatic carbocycles. The van der Waals surface area contributed by atoms with E-state index >= 15 is 0 Å². The molecule has 0 aromatic carbocycles. The fourth-order valence-electron chi connectivity index (χ4n) is 6.67. The zero-order chi connectivity index (χ0) is 42.3. The third kappa shape index (κ3) is 44.2. The van der Waals surface area contributed by atoms with Crippen molar-refractivity contribution >= 4 is 17.9 Å². The predicted molar refractivity (Wildman–Crippen MR) is 247 cm³/mol. The summed E-state index contributed by atoms with van der Waals surface area (Å²) < 4.78 is 16.7. The summed E-state index contributed by atoms with van der Waals surface area (Å²) in [6.07, 6.45) is 56.4. The zero-order valence-electron chi connectivity index (χ0n) is 38.0. The van der Waals surface area contributed by atoms with Crippen LogP contribution in [0.4, 0.5) is 0 Å². The SMILES string of the molecule is CC/C=C\C/C=C\C/C=C\CCCCCCCCC(=O)OCC(COC(=O)CCCC/C=C\C/C=C\CC)OC(=O)CCCCCCCCCCCCCCCCC. The molecular formula is C52H90O6. The van der Waals surface area contributed by atoms with Crippen LogP contribution in [0.15, 0.2) is 60.8 Å². The summed E-state index contributed by atoms with van der Waals surface area (Å²) in [4.78, 5) is 37.8. The topological polar surface area (TPSA) is 78.9 Å². The summed E-state index contributed by atoms with van der Waals surface area (Å²) in [5, 5.41) is 0. The molecule has 0 heterocycles. The minimum atomic E-state index is -0.788. The lowest BCUT2D eigenvalue weighted by molar-refractivity contribution is -0.167. The molecule has 0 amide bonds. The first kappa shape index (κ1) is 55.1. The second-order valence-corrected chi connectivity index (χ2v) is 16.0. The fraction of sp³-hybridized carbons (Fsp3) is 0.750. The molecule has 0 rings (SSSR count). The molecule has 0 aromatic rings. The van der Waals surface area contributed by atoms with Gasteiger partial charge >= 0.3 is 17.9 Å². The molecule has 0 spiro atoms. The molecule has 58 heavy (non-hydrogen) atoms. The van der Waals surface area contributed by atoms with Gasteiger partial charge in [0.1, 0.15) is 13.2 Å². The summed E-state index contributed by atoms with van der Waals surface area (Å²) in [5.41, 5.74) is 0. The predicted octanol–water partition coefficient (Wildman–Crippen LogP) is 15.7. The number of allylic oxidation sites excluding steroid dienone is 10. The number of unbranched alkanes of at least 4 members (excludes halogenated alkanes) is 22. The van der Waals surface area contributed by atoms with Crippen molar-refractivity contribution in [2.45, 2.75) is 239 Å². The molecule has 0 radical (unpaired) electrons. The van der Waals surface area contributed by atoms with Crippen LogP contribution in [0, 0.1) is 0 Å². The minimum absolute atomic E-state index is 0.0901. The molecule has 1 unspecified atom stereocenters. The third-order valence-electron chi connectivity index (χ3n) is 10.3. The Hall–Kier alpha value is -2.89. The van der Waals surface area contributed by atoms with E-state index in [1.54, 1.807) is 0 Å². The molecule has 6 nitrogen and oxygen atoms in total. The van der Waals surface area contributed by atoms with Crippen LogP contribution in [0.5, 0.6) is 0 Å². The Morgan fingerprint density at radius 3 is 1.09 bits per heavy atom. The van der Waals surface area contributed by atoms with Crippen LogP contribution in [0.25, 0.3) is 0 Å². The van der Waals surface area contributed by atoms with E-state index in [1.165, 1.54) is 96.3 Å². The largest absolute Gasteiger partial charge is 0.462 e. The smallest absolute Gasteiger partial charge is 0.306 e. The van der Waals surface area contributed by atoms with Crippen molar-refractivity contribution in [3.05, 3.63) is 60.8 Å². The van der Waals surface area contributed by atoms with Crippen LogP contribution in [0.2, 0.25) is 0 Å². The molecule has 0 saturated carbocycles. The molecule has 0 fully saturated rings. The lowest BCUT2D eigenvalue weighted by Crippen LogP contribution is -2.30. The average molecular weight is 811 g/mol. The summed E-state index contributed by atoms with van der Waals surface area (Å²) in [6, 6.07) is 0. The van der Waals surface area contributed by atoms with Gasteiger partial charge in [-0.1, -0.05) is 197 Å². The molecule has 0 aliphatic heterocycles. The van der Waals surface area contributed by atoms with Gasteiger partial charge in [0, 0.05) is 19.3 Å². The maximum atomic E-state index is 12.7. The van der Waals surface area contributed by atoms with Crippen LogP contribution in [-0.2, 0) is 28.6 Å². The number of ether oxygens (including phenoxy) is 3. The van der Waals surface area contributed by atoms with Gasteiger partial charge in [-0.2, -0.15) is 0 Å². The van der Waals surface area contributed by atoms with Crippen LogP contribution in [0.3, 0.4) is 0 Å². The monoisotopic (exact) mass is 811 g/mol. The highest BCUT2D eigenvalue weighted by Crippen LogP contribution is 2.15. The van der Waals surface area contributed by atoms with E-state index in [0.717, 1.165) is 96.3 Å². The second-order valence-electron chi connectivity index (χ2n) is 16.0.